The highest BCUT2D eigenvalue weighted by Gasteiger charge is 2.37. The van der Waals surface area contributed by atoms with Crippen molar-refractivity contribution in [1.82, 2.24) is 0 Å². The number of hydrogen-bond acceptors (Lipinski definition) is 3. The number of nitrogens with zero attached hydrogens (tertiary/aromatic N) is 1. The highest BCUT2D eigenvalue weighted by atomic mass is 16.6. The molecule has 23 heavy (non-hydrogen) atoms. The average Bonchev–Trinajstić information content (AvgIpc) is 2.55. The van der Waals surface area contributed by atoms with Crippen LogP contribution in [0.3, 0.4) is 0 Å². The molecule has 6 heteroatoms. The first-order valence-electron chi connectivity index (χ1n) is 8.52. The van der Waals surface area contributed by atoms with Gasteiger partial charge >= 0.3 is 0 Å². The second-order valence-electron chi connectivity index (χ2n) is 6.73. The third kappa shape index (κ3) is 3.88. The number of amides is 1. The van der Waals surface area contributed by atoms with Crippen LogP contribution in [0, 0.1) is 16.0 Å². The molecule has 1 amide bonds. The number of quaternary nitrogens is 1. The molecule has 1 unspecified atom stereocenters. The molecule has 2 aliphatic rings. The zero-order valence-electron chi connectivity index (χ0n) is 13.3. The van der Waals surface area contributed by atoms with Crippen molar-refractivity contribution in [1.29, 1.82) is 0 Å². The van der Waals surface area contributed by atoms with E-state index in [-0.39, 0.29) is 11.6 Å². The molecule has 2 N–H and O–H groups in total. The fourth-order valence-corrected chi connectivity index (χ4v) is 4.16. The van der Waals surface area contributed by atoms with E-state index in [4.69, 9.17) is 0 Å². The molecule has 0 aromatic heterocycles. The monoisotopic (exact) mass is 318 g/mol. The molecule has 3 atom stereocenters. The first-order valence-corrected chi connectivity index (χ1v) is 8.52. The van der Waals surface area contributed by atoms with Crippen LogP contribution in [0.5, 0.6) is 0 Å². The molecule has 0 radical (unpaired) electrons. The third-order valence-corrected chi connectivity index (χ3v) is 5.26. The quantitative estimate of drug-likeness (QED) is 0.656. The number of carbonyl (C=O) groups excluding carboxylic acids is 1. The Morgan fingerprint density at radius 3 is 2.61 bits per heavy atom. The third-order valence-electron chi connectivity index (χ3n) is 5.26. The predicted octanol–water partition coefficient (Wildman–Crippen LogP) is 1.77. The highest BCUT2D eigenvalue weighted by molar-refractivity contribution is 5.91. The molecule has 1 saturated heterocycles. The van der Waals surface area contributed by atoms with Crippen molar-refractivity contribution in [2.75, 3.05) is 18.4 Å². The van der Waals surface area contributed by atoms with Crippen LogP contribution >= 0.6 is 0 Å². The van der Waals surface area contributed by atoms with Gasteiger partial charge in [-0.2, -0.15) is 0 Å². The van der Waals surface area contributed by atoms with Gasteiger partial charge in [-0.1, -0.05) is 6.42 Å². The molecule has 1 aliphatic heterocycles. The van der Waals surface area contributed by atoms with E-state index in [1.165, 1.54) is 55.6 Å². The lowest BCUT2D eigenvalue weighted by molar-refractivity contribution is -0.928. The Morgan fingerprint density at radius 1 is 1.17 bits per heavy atom. The Kier molecular flexibility index (Phi) is 4.91. The van der Waals surface area contributed by atoms with Crippen LogP contribution < -0.4 is 10.2 Å². The number of likely N-dealkylation sites (tertiary alicyclic amines) is 1. The first kappa shape index (κ1) is 15.9. The molecule has 1 aromatic carbocycles. The standard InChI is InChI=1S/C17H23N3O3/c21-17(18-14-7-9-15(10-8-14)20(22)23)12-19-11-3-5-13-4-1-2-6-16(13)19/h7-10,13,16H,1-6,11-12H2,(H,18,21)/p+1/t13-,16+/m1/s1. The number of benzene rings is 1. The Bertz CT molecular complexity index is 571. The van der Waals surface area contributed by atoms with E-state index in [1.54, 1.807) is 12.1 Å². The minimum Gasteiger partial charge on any atom is -0.324 e. The topological polar surface area (TPSA) is 76.7 Å². The number of fused-ring (bicyclic) bond motifs is 1. The van der Waals surface area contributed by atoms with E-state index in [0.29, 0.717) is 18.3 Å². The van der Waals surface area contributed by atoms with Crippen molar-refractivity contribution in [3.05, 3.63) is 34.4 Å². The summed E-state index contributed by atoms with van der Waals surface area (Å²) in [5.74, 6) is 0.791. The number of carbonyl (C=O) groups is 1. The van der Waals surface area contributed by atoms with E-state index in [1.807, 2.05) is 0 Å². The van der Waals surface area contributed by atoms with Gasteiger partial charge in [0.05, 0.1) is 17.5 Å². The van der Waals surface area contributed by atoms with E-state index in [9.17, 15) is 14.9 Å². The van der Waals surface area contributed by atoms with Gasteiger partial charge in [0.25, 0.3) is 11.6 Å². The second-order valence-corrected chi connectivity index (χ2v) is 6.73. The van der Waals surface area contributed by atoms with Crippen LogP contribution in [0.25, 0.3) is 0 Å². The maximum absolute atomic E-state index is 12.3. The van der Waals surface area contributed by atoms with Gasteiger partial charge in [0.1, 0.15) is 0 Å². The van der Waals surface area contributed by atoms with Crippen molar-refractivity contribution in [2.24, 2.45) is 5.92 Å². The van der Waals surface area contributed by atoms with Gasteiger partial charge < -0.3 is 10.2 Å². The van der Waals surface area contributed by atoms with E-state index >= 15 is 0 Å². The van der Waals surface area contributed by atoms with Gasteiger partial charge in [-0.15, -0.1) is 0 Å². The lowest BCUT2D eigenvalue weighted by Gasteiger charge is -2.40. The summed E-state index contributed by atoms with van der Waals surface area (Å²) < 4.78 is 0. The minimum atomic E-state index is -0.438. The maximum Gasteiger partial charge on any atom is 0.279 e. The van der Waals surface area contributed by atoms with Gasteiger partial charge in [0.15, 0.2) is 6.54 Å². The number of anilines is 1. The molecular formula is C17H24N3O3+. The smallest absolute Gasteiger partial charge is 0.279 e. The molecule has 0 spiro atoms. The average molecular weight is 318 g/mol. The van der Waals surface area contributed by atoms with Gasteiger partial charge in [0, 0.05) is 23.7 Å². The fourth-order valence-electron chi connectivity index (χ4n) is 4.16. The van der Waals surface area contributed by atoms with Crippen LogP contribution in [-0.2, 0) is 4.79 Å². The normalized spacial score (nSPS) is 27.0. The Morgan fingerprint density at radius 2 is 1.87 bits per heavy atom. The SMILES string of the molecule is O=C(C[NH+]1CCC[C@H]2CCCC[C@@H]21)Nc1ccc([N+](=O)[O-])cc1. The first-order chi connectivity index (χ1) is 11.1. The number of nitro benzene ring substituents is 1. The largest absolute Gasteiger partial charge is 0.324 e. The Hall–Kier alpha value is -1.95. The van der Waals surface area contributed by atoms with E-state index < -0.39 is 4.92 Å². The van der Waals surface area contributed by atoms with Crippen LogP contribution in [0.15, 0.2) is 24.3 Å². The van der Waals surface area contributed by atoms with Gasteiger partial charge in [-0.05, 0) is 44.2 Å². The highest BCUT2D eigenvalue weighted by Crippen LogP contribution is 2.28. The molecular weight excluding hydrogens is 294 g/mol. The van der Waals surface area contributed by atoms with Gasteiger partial charge in [0.2, 0.25) is 0 Å². The summed E-state index contributed by atoms with van der Waals surface area (Å²) in [7, 11) is 0. The summed E-state index contributed by atoms with van der Waals surface area (Å²) in [6, 6.07) is 6.65. The van der Waals surface area contributed by atoms with Crippen molar-refractivity contribution in [3.8, 4) is 0 Å². The molecule has 3 rings (SSSR count). The minimum absolute atomic E-state index is 0.0000709. The molecule has 2 fully saturated rings. The predicted molar refractivity (Wildman–Crippen MR) is 87.4 cm³/mol. The Balaban J connectivity index is 1.57. The fraction of sp³-hybridized carbons (Fsp3) is 0.588. The van der Waals surface area contributed by atoms with Crippen molar-refractivity contribution in [2.45, 2.75) is 44.6 Å². The number of nitrogens with one attached hydrogen (secondary N) is 2. The van der Waals surface area contributed by atoms with E-state index in [0.717, 1.165) is 12.5 Å². The number of non-ortho nitro benzene ring substituents is 1. The van der Waals surface area contributed by atoms with Crippen LogP contribution in [0.2, 0.25) is 0 Å². The summed E-state index contributed by atoms with van der Waals surface area (Å²) >= 11 is 0. The second kappa shape index (κ2) is 7.08. The lowest BCUT2D eigenvalue weighted by Crippen LogP contribution is -3.18. The lowest BCUT2D eigenvalue weighted by atomic mass is 9.78. The van der Waals surface area contributed by atoms with Gasteiger partial charge in [-0.25, -0.2) is 0 Å². The summed E-state index contributed by atoms with van der Waals surface area (Å²) in [5, 5.41) is 13.5. The van der Waals surface area contributed by atoms with Gasteiger partial charge in [-0.3, -0.25) is 14.9 Å². The molecule has 6 nitrogen and oxygen atoms in total. The molecule has 124 valence electrons. The number of piperidine rings is 1. The summed E-state index contributed by atoms with van der Waals surface area (Å²) in [5.41, 5.74) is 0.659. The summed E-state index contributed by atoms with van der Waals surface area (Å²) in [4.78, 5) is 23.9. The van der Waals surface area contributed by atoms with Crippen molar-refractivity contribution >= 4 is 17.3 Å². The van der Waals surface area contributed by atoms with E-state index in [2.05, 4.69) is 5.32 Å². The zero-order valence-corrected chi connectivity index (χ0v) is 13.3. The summed E-state index contributed by atoms with van der Waals surface area (Å²) in [6.45, 7) is 1.58. The van der Waals surface area contributed by atoms with Crippen molar-refractivity contribution < 1.29 is 14.6 Å². The van der Waals surface area contributed by atoms with Crippen LogP contribution in [0.1, 0.15) is 38.5 Å². The van der Waals surface area contributed by atoms with Crippen molar-refractivity contribution in [3.63, 3.8) is 0 Å². The molecule has 1 aliphatic carbocycles. The molecule has 1 saturated carbocycles. The number of hydrogen-bond donors (Lipinski definition) is 2. The van der Waals surface area contributed by atoms with Crippen LogP contribution in [0.4, 0.5) is 11.4 Å². The molecule has 1 heterocycles. The number of nitro groups is 1. The maximum atomic E-state index is 12.3. The van der Waals surface area contributed by atoms with Crippen LogP contribution in [-0.4, -0.2) is 30.0 Å². The zero-order chi connectivity index (χ0) is 16.2. The Labute approximate surface area is 136 Å². The molecule has 0 bridgehead atoms. The molecule has 1 aromatic rings. The summed E-state index contributed by atoms with van der Waals surface area (Å²) in [6.07, 6.45) is 7.71. The number of rotatable bonds is 4.